The second-order valence-corrected chi connectivity index (χ2v) is 7.36. The molecule has 1 fully saturated rings. The number of aromatic nitrogens is 3. The molecule has 0 amide bonds. The Labute approximate surface area is 175 Å². The predicted octanol–water partition coefficient (Wildman–Crippen LogP) is 2.62. The third-order valence-corrected chi connectivity index (χ3v) is 4.52. The van der Waals surface area contributed by atoms with Crippen LogP contribution in [-0.4, -0.2) is 67.1 Å². The van der Waals surface area contributed by atoms with Crippen molar-refractivity contribution in [2.75, 3.05) is 62.0 Å². The summed E-state index contributed by atoms with van der Waals surface area (Å²) < 4.78 is 10.8. The fraction of sp³-hybridized carbons (Fsp3) is 0.850. The van der Waals surface area contributed by atoms with Crippen LogP contribution in [0.4, 0.5) is 17.8 Å². The molecule has 5 N–H and O–H groups in total. The van der Waals surface area contributed by atoms with Gasteiger partial charge in [-0.1, -0.05) is 39.0 Å². The predicted molar refractivity (Wildman–Crippen MR) is 118 cm³/mol. The lowest BCUT2D eigenvalue weighted by molar-refractivity contribution is 0.0547. The standard InChI is InChI=1S/C20H39N7O2/c1-2-3-4-5-6-7-11-22-18-25-19(27-20(26-18)24-17-8-9-17)23-12-14-29-16-15-28-13-10-21/h17H,2-16,21H2,1H3,(H3,22,23,24,25,26,27). The van der Waals surface area contributed by atoms with Crippen LogP contribution < -0.4 is 21.7 Å². The SMILES string of the molecule is CCCCCCCCNc1nc(NCCOCCOCCN)nc(NC2CC2)n1. The molecule has 0 bridgehead atoms. The number of anilines is 3. The quantitative estimate of drug-likeness (QED) is 0.256. The van der Waals surface area contributed by atoms with E-state index in [0.717, 1.165) is 13.0 Å². The molecule has 1 aromatic heterocycles. The maximum absolute atomic E-state index is 5.53. The molecule has 1 aliphatic carbocycles. The first kappa shape index (κ1) is 23.6. The van der Waals surface area contributed by atoms with Gasteiger partial charge >= 0.3 is 0 Å². The van der Waals surface area contributed by atoms with Crippen molar-refractivity contribution in [1.82, 2.24) is 15.0 Å². The van der Waals surface area contributed by atoms with E-state index in [0.29, 0.717) is 63.4 Å². The first-order valence-electron chi connectivity index (χ1n) is 11.2. The van der Waals surface area contributed by atoms with Crippen molar-refractivity contribution in [3.8, 4) is 0 Å². The lowest BCUT2D eigenvalue weighted by Gasteiger charge is -2.11. The minimum Gasteiger partial charge on any atom is -0.378 e. The van der Waals surface area contributed by atoms with Gasteiger partial charge in [0.25, 0.3) is 0 Å². The number of hydrogen-bond donors (Lipinski definition) is 4. The number of hydrogen-bond acceptors (Lipinski definition) is 9. The fourth-order valence-electron chi connectivity index (χ4n) is 2.75. The smallest absolute Gasteiger partial charge is 0.229 e. The Hall–Kier alpha value is -1.71. The average molecular weight is 410 g/mol. The minimum absolute atomic E-state index is 0.494. The highest BCUT2D eigenvalue weighted by molar-refractivity contribution is 5.43. The minimum atomic E-state index is 0.494. The zero-order valence-corrected chi connectivity index (χ0v) is 17.9. The Balaban J connectivity index is 1.69. The zero-order chi connectivity index (χ0) is 20.6. The van der Waals surface area contributed by atoms with Crippen molar-refractivity contribution in [1.29, 1.82) is 0 Å². The molecule has 166 valence electrons. The van der Waals surface area contributed by atoms with Gasteiger partial charge in [0.2, 0.25) is 17.8 Å². The molecule has 0 spiro atoms. The molecule has 1 saturated carbocycles. The molecule has 9 heteroatoms. The van der Waals surface area contributed by atoms with Crippen molar-refractivity contribution in [3.05, 3.63) is 0 Å². The van der Waals surface area contributed by atoms with Crippen LogP contribution in [-0.2, 0) is 9.47 Å². The summed E-state index contributed by atoms with van der Waals surface area (Å²) in [6, 6.07) is 0.494. The lowest BCUT2D eigenvalue weighted by atomic mass is 10.1. The van der Waals surface area contributed by atoms with E-state index in [-0.39, 0.29) is 0 Å². The van der Waals surface area contributed by atoms with Gasteiger partial charge in [-0.3, -0.25) is 0 Å². The fourth-order valence-corrected chi connectivity index (χ4v) is 2.75. The maximum Gasteiger partial charge on any atom is 0.229 e. The Morgan fingerprint density at radius 1 is 0.793 bits per heavy atom. The molecule has 0 aliphatic heterocycles. The van der Waals surface area contributed by atoms with Crippen LogP contribution >= 0.6 is 0 Å². The van der Waals surface area contributed by atoms with Crippen molar-refractivity contribution in [3.63, 3.8) is 0 Å². The number of rotatable bonds is 19. The number of nitrogens with one attached hydrogen (secondary N) is 3. The van der Waals surface area contributed by atoms with E-state index in [1.807, 2.05) is 0 Å². The van der Waals surface area contributed by atoms with Crippen molar-refractivity contribution < 1.29 is 9.47 Å². The van der Waals surface area contributed by atoms with Gasteiger partial charge in [0, 0.05) is 25.7 Å². The molecule has 2 rings (SSSR count). The van der Waals surface area contributed by atoms with Crippen LogP contribution in [0.1, 0.15) is 58.3 Å². The van der Waals surface area contributed by atoms with Gasteiger partial charge in [-0.15, -0.1) is 0 Å². The second-order valence-electron chi connectivity index (χ2n) is 7.36. The van der Waals surface area contributed by atoms with Gasteiger partial charge in [0.15, 0.2) is 0 Å². The summed E-state index contributed by atoms with van der Waals surface area (Å²) in [5.74, 6) is 1.82. The average Bonchev–Trinajstić information content (AvgIpc) is 3.53. The van der Waals surface area contributed by atoms with E-state index in [1.54, 1.807) is 0 Å². The molecule has 0 unspecified atom stereocenters. The second kappa shape index (κ2) is 15.2. The Morgan fingerprint density at radius 3 is 2.10 bits per heavy atom. The summed E-state index contributed by atoms with van der Waals surface area (Å²) in [7, 11) is 0. The Morgan fingerprint density at radius 2 is 1.41 bits per heavy atom. The molecule has 0 aromatic carbocycles. The largest absolute Gasteiger partial charge is 0.378 e. The van der Waals surface area contributed by atoms with Gasteiger partial charge in [0.05, 0.1) is 26.4 Å². The van der Waals surface area contributed by atoms with E-state index in [1.165, 1.54) is 44.9 Å². The molecule has 1 aliphatic rings. The lowest BCUT2D eigenvalue weighted by Crippen LogP contribution is -2.17. The summed E-state index contributed by atoms with van der Waals surface area (Å²) in [5, 5.41) is 9.91. The maximum atomic E-state index is 5.53. The van der Waals surface area contributed by atoms with Gasteiger partial charge in [-0.2, -0.15) is 15.0 Å². The molecule has 9 nitrogen and oxygen atoms in total. The summed E-state index contributed by atoms with van der Waals surface area (Å²) in [6.45, 7) is 6.52. The van der Waals surface area contributed by atoms with Crippen molar-refractivity contribution >= 4 is 17.8 Å². The normalized spacial score (nSPS) is 13.4. The zero-order valence-electron chi connectivity index (χ0n) is 17.9. The third-order valence-electron chi connectivity index (χ3n) is 4.52. The molecule has 1 aromatic rings. The van der Waals surface area contributed by atoms with Crippen LogP contribution in [0.3, 0.4) is 0 Å². The van der Waals surface area contributed by atoms with Crippen LogP contribution in [0, 0.1) is 0 Å². The summed E-state index contributed by atoms with van der Waals surface area (Å²) in [6.07, 6.45) is 9.95. The molecule has 0 saturated heterocycles. The van der Waals surface area contributed by atoms with Crippen LogP contribution in [0.15, 0.2) is 0 Å². The molecule has 1 heterocycles. The van der Waals surface area contributed by atoms with Gasteiger partial charge < -0.3 is 31.2 Å². The molecular formula is C20H39N7O2. The van der Waals surface area contributed by atoms with E-state index in [9.17, 15) is 0 Å². The van der Waals surface area contributed by atoms with Gasteiger partial charge in [0.1, 0.15) is 0 Å². The number of nitrogens with two attached hydrogens (primary N) is 1. The summed E-state index contributed by atoms with van der Waals surface area (Å²) >= 11 is 0. The summed E-state index contributed by atoms with van der Waals surface area (Å²) in [4.78, 5) is 13.5. The number of nitrogens with zero attached hydrogens (tertiary/aromatic N) is 3. The van der Waals surface area contributed by atoms with Gasteiger partial charge in [-0.25, -0.2) is 0 Å². The van der Waals surface area contributed by atoms with Crippen LogP contribution in [0.2, 0.25) is 0 Å². The summed E-state index contributed by atoms with van der Waals surface area (Å²) in [5.41, 5.74) is 5.37. The Bertz CT molecular complexity index is 544. The number of ether oxygens (including phenoxy) is 2. The van der Waals surface area contributed by atoms with Crippen LogP contribution in [0.25, 0.3) is 0 Å². The molecule has 0 radical (unpaired) electrons. The van der Waals surface area contributed by atoms with E-state index in [2.05, 4.69) is 37.8 Å². The third kappa shape index (κ3) is 11.8. The van der Waals surface area contributed by atoms with E-state index >= 15 is 0 Å². The highest BCUT2D eigenvalue weighted by atomic mass is 16.5. The first-order valence-corrected chi connectivity index (χ1v) is 11.2. The first-order chi connectivity index (χ1) is 14.3. The highest BCUT2D eigenvalue weighted by Crippen LogP contribution is 2.23. The van der Waals surface area contributed by atoms with E-state index < -0.39 is 0 Å². The van der Waals surface area contributed by atoms with E-state index in [4.69, 9.17) is 15.2 Å². The van der Waals surface area contributed by atoms with Crippen LogP contribution in [0.5, 0.6) is 0 Å². The number of unbranched alkanes of at least 4 members (excludes halogenated alkanes) is 5. The monoisotopic (exact) mass is 409 g/mol. The van der Waals surface area contributed by atoms with Gasteiger partial charge in [-0.05, 0) is 19.3 Å². The van der Waals surface area contributed by atoms with Crippen molar-refractivity contribution in [2.24, 2.45) is 5.73 Å². The molecule has 0 atom stereocenters. The van der Waals surface area contributed by atoms with Crippen molar-refractivity contribution in [2.45, 2.75) is 64.3 Å². The molecule has 29 heavy (non-hydrogen) atoms. The topological polar surface area (TPSA) is 119 Å². The molecular weight excluding hydrogens is 370 g/mol. The Kier molecular flexibility index (Phi) is 12.3. The highest BCUT2D eigenvalue weighted by Gasteiger charge is 2.22.